The van der Waals surface area contributed by atoms with Crippen LogP contribution in [0.3, 0.4) is 0 Å². The van der Waals surface area contributed by atoms with Crippen LogP contribution in [0.4, 0.5) is 5.69 Å². The van der Waals surface area contributed by atoms with Crippen molar-refractivity contribution >= 4 is 5.69 Å². The predicted molar refractivity (Wildman–Crippen MR) is 64.5 cm³/mol. The molecule has 0 aliphatic carbocycles. The zero-order valence-corrected chi connectivity index (χ0v) is 9.76. The Labute approximate surface area is 96.5 Å². The molecule has 88 valence electrons. The molecule has 1 fully saturated rings. The van der Waals surface area contributed by atoms with Gasteiger partial charge < -0.3 is 14.9 Å². The summed E-state index contributed by atoms with van der Waals surface area (Å²) in [5.41, 5.74) is 1.92. The van der Waals surface area contributed by atoms with Crippen LogP contribution < -0.4 is 4.90 Å². The molecule has 1 aliphatic heterocycles. The second-order valence-electron chi connectivity index (χ2n) is 4.08. The number of aromatic nitrogens is 1. The van der Waals surface area contributed by atoms with Gasteiger partial charge in [-0.3, -0.25) is 4.98 Å². The van der Waals surface area contributed by atoms with Crippen molar-refractivity contribution in [2.75, 3.05) is 37.6 Å². The summed E-state index contributed by atoms with van der Waals surface area (Å²) in [5.74, 6) is 0. The predicted octanol–water partition coefficient (Wildman–Crippen LogP) is 0.716. The summed E-state index contributed by atoms with van der Waals surface area (Å²) < 4.78 is 0. The van der Waals surface area contributed by atoms with Gasteiger partial charge in [-0.15, -0.1) is 0 Å². The molecular weight excluding hydrogens is 202 g/mol. The topological polar surface area (TPSA) is 39.6 Å². The van der Waals surface area contributed by atoms with Gasteiger partial charge in [-0.05, 0) is 18.7 Å². The van der Waals surface area contributed by atoms with E-state index < -0.39 is 0 Å². The standard InChI is InChI=1S/C12H19N3O/c1-2-14-5-7-15(8-6-14)12-3-4-13-11(9-12)10-16/h3-4,9,16H,2,5-8,10H2,1H3. The molecule has 0 radical (unpaired) electrons. The number of likely N-dealkylation sites (N-methyl/N-ethyl adjacent to an activating group) is 1. The van der Waals surface area contributed by atoms with E-state index in [1.165, 1.54) is 5.69 Å². The lowest BCUT2D eigenvalue weighted by Crippen LogP contribution is -2.46. The monoisotopic (exact) mass is 221 g/mol. The Bertz CT molecular complexity index is 335. The first kappa shape index (κ1) is 11.4. The first-order valence-corrected chi connectivity index (χ1v) is 5.86. The third-order valence-corrected chi connectivity index (χ3v) is 3.15. The molecule has 1 aliphatic rings. The first-order valence-electron chi connectivity index (χ1n) is 5.86. The van der Waals surface area contributed by atoms with Crippen LogP contribution in [0.5, 0.6) is 0 Å². The molecular formula is C12H19N3O. The molecule has 1 aromatic heterocycles. The average Bonchev–Trinajstić information content (AvgIpc) is 2.39. The molecule has 0 amide bonds. The highest BCUT2D eigenvalue weighted by molar-refractivity contribution is 5.46. The third kappa shape index (κ3) is 2.51. The van der Waals surface area contributed by atoms with Crippen LogP contribution in [-0.2, 0) is 6.61 Å². The van der Waals surface area contributed by atoms with Crippen molar-refractivity contribution in [2.45, 2.75) is 13.5 Å². The number of rotatable bonds is 3. The minimum atomic E-state index is 0.0166. The summed E-state index contributed by atoms with van der Waals surface area (Å²) in [6.45, 7) is 7.70. The van der Waals surface area contributed by atoms with Gasteiger partial charge in [0.25, 0.3) is 0 Å². The Morgan fingerprint density at radius 3 is 2.69 bits per heavy atom. The van der Waals surface area contributed by atoms with Gasteiger partial charge in [0, 0.05) is 38.1 Å². The minimum Gasteiger partial charge on any atom is -0.390 e. The van der Waals surface area contributed by atoms with Crippen molar-refractivity contribution in [2.24, 2.45) is 0 Å². The lowest BCUT2D eigenvalue weighted by atomic mass is 10.2. The Morgan fingerprint density at radius 2 is 2.06 bits per heavy atom. The molecule has 2 heterocycles. The minimum absolute atomic E-state index is 0.0166. The Kier molecular flexibility index (Phi) is 3.74. The van der Waals surface area contributed by atoms with E-state index in [0.717, 1.165) is 38.4 Å². The summed E-state index contributed by atoms with van der Waals surface area (Å²) in [6, 6.07) is 3.99. The maximum atomic E-state index is 9.05. The molecule has 4 heteroatoms. The molecule has 1 aromatic rings. The van der Waals surface area contributed by atoms with E-state index in [-0.39, 0.29) is 6.61 Å². The van der Waals surface area contributed by atoms with Crippen LogP contribution in [-0.4, -0.2) is 47.7 Å². The molecule has 1 saturated heterocycles. The van der Waals surface area contributed by atoms with E-state index in [1.807, 2.05) is 12.1 Å². The Hall–Kier alpha value is -1.13. The van der Waals surface area contributed by atoms with E-state index in [4.69, 9.17) is 5.11 Å². The van der Waals surface area contributed by atoms with Crippen molar-refractivity contribution in [1.29, 1.82) is 0 Å². The van der Waals surface area contributed by atoms with Crippen molar-refractivity contribution in [1.82, 2.24) is 9.88 Å². The summed E-state index contributed by atoms with van der Waals surface area (Å²) in [7, 11) is 0. The van der Waals surface area contributed by atoms with Crippen molar-refractivity contribution in [3.8, 4) is 0 Å². The third-order valence-electron chi connectivity index (χ3n) is 3.15. The smallest absolute Gasteiger partial charge is 0.0853 e. The van der Waals surface area contributed by atoms with E-state index in [9.17, 15) is 0 Å². The summed E-state index contributed by atoms with van der Waals surface area (Å²) >= 11 is 0. The maximum Gasteiger partial charge on any atom is 0.0853 e. The van der Waals surface area contributed by atoms with Crippen LogP contribution in [0.2, 0.25) is 0 Å². The van der Waals surface area contributed by atoms with Gasteiger partial charge in [-0.2, -0.15) is 0 Å². The lowest BCUT2D eigenvalue weighted by molar-refractivity contribution is 0.270. The van der Waals surface area contributed by atoms with Gasteiger partial charge >= 0.3 is 0 Å². The van der Waals surface area contributed by atoms with Crippen molar-refractivity contribution < 1.29 is 5.11 Å². The quantitative estimate of drug-likeness (QED) is 0.816. The number of hydrogen-bond acceptors (Lipinski definition) is 4. The lowest BCUT2D eigenvalue weighted by Gasteiger charge is -2.35. The first-order chi connectivity index (χ1) is 7.83. The van der Waals surface area contributed by atoms with Gasteiger partial charge in [0.2, 0.25) is 0 Å². The molecule has 0 saturated carbocycles. The summed E-state index contributed by atoms with van der Waals surface area (Å²) in [4.78, 5) is 8.90. The normalized spacial score (nSPS) is 17.8. The highest BCUT2D eigenvalue weighted by Gasteiger charge is 2.15. The van der Waals surface area contributed by atoms with Crippen LogP contribution in [0.15, 0.2) is 18.3 Å². The molecule has 0 spiro atoms. The molecule has 0 atom stereocenters. The second-order valence-corrected chi connectivity index (χ2v) is 4.08. The van der Waals surface area contributed by atoms with Crippen LogP contribution in [0.1, 0.15) is 12.6 Å². The zero-order valence-electron chi connectivity index (χ0n) is 9.76. The van der Waals surface area contributed by atoms with Crippen LogP contribution >= 0.6 is 0 Å². The molecule has 0 unspecified atom stereocenters. The Balaban J connectivity index is 2.02. The number of hydrogen-bond donors (Lipinski definition) is 1. The van der Waals surface area contributed by atoms with E-state index >= 15 is 0 Å². The Morgan fingerprint density at radius 1 is 1.31 bits per heavy atom. The van der Waals surface area contributed by atoms with E-state index in [0.29, 0.717) is 0 Å². The van der Waals surface area contributed by atoms with E-state index in [1.54, 1.807) is 6.20 Å². The summed E-state index contributed by atoms with van der Waals surface area (Å²) in [6.07, 6.45) is 1.77. The van der Waals surface area contributed by atoms with Crippen LogP contribution in [0.25, 0.3) is 0 Å². The molecule has 4 nitrogen and oxygen atoms in total. The molecule has 1 N–H and O–H groups in total. The molecule has 0 aromatic carbocycles. The number of aliphatic hydroxyl groups is 1. The van der Waals surface area contributed by atoms with Crippen LogP contribution in [0, 0.1) is 0 Å². The fourth-order valence-electron chi connectivity index (χ4n) is 2.07. The van der Waals surface area contributed by atoms with Gasteiger partial charge in [-0.1, -0.05) is 6.92 Å². The largest absolute Gasteiger partial charge is 0.390 e. The number of piperazine rings is 1. The van der Waals surface area contributed by atoms with Crippen molar-refractivity contribution in [3.63, 3.8) is 0 Å². The summed E-state index contributed by atoms with van der Waals surface area (Å²) in [5, 5.41) is 9.05. The average molecular weight is 221 g/mol. The highest BCUT2D eigenvalue weighted by Crippen LogP contribution is 2.16. The van der Waals surface area contributed by atoms with Gasteiger partial charge in [0.1, 0.15) is 0 Å². The molecule has 0 bridgehead atoms. The molecule has 16 heavy (non-hydrogen) atoms. The van der Waals surface area contributed by atoms with Crippen molar-refractivity contribution in [3.05, 3.63) is 24.0 Å². The fraction of sp³-hybridized carbons (Fsp3) is 0.583. The zero-order chi connectivity index (χ0) is 11.4. The molecule has 2 rings (SSSR count). The number of pyridine rings is 1. The number of aliphatic hydroxyl groups excluding tert-OH is 1. The fourth-order valence-corrected chi connectivity index (χ4v) is 2.07. The van der Waals surface area contributed by atoms with Gasteiger partial charge in [0.15, 0.2) is 0 Å². The number of nitrogens with zero attached hydrogens (tertiary/aromatic N) is 3. The second kappa shape index (κ2) is 5.27. The van der Waals surface area contributed by atoms with Gasteiger partial charge in [0.05, 0.1) is 12.3 Å². The van der Waals surface area contributed by atoms with E-state index in [2.05, 4.69) is 21.7 Å². The van der Waals surface area contributed by atoms with Gasteiger partial charge in [-0.25, -0.2) is 0 Å². The maximum absolute atomic E-state index is 9.05. The SMILES string of the molecule is CCN1CCN(c2ccnc(CO)c2)CC1. The highest BCUT2D eigenvalue weighted by atomic mass is 16.3. The number of anilines is 1.